The molecule has 6 heteroatoms. The van der Waals surface area contributed by atoms with Crippen molar-refractivity contribution < 1.29 is 9.47 Å². The normalized spacial score (nSPS) is 13.2. The zero-order valence-corrected chi connectivity index (χ0v) is 57.4. The minimum absolute atomic E-state index is 0.519. The molecule has 0 radical (unpaired) electrons. The van der Waals surface area contributed by atoms with E-state index in [1.165, 1.54) is 50.1 Å². The van der Waals surface area contributed by atoms with Crippen molar-refractivity contribution in [3.8, 4) is 158 Å². The molecule has 0 atom stereocenters. The summed E-state index contributed by atoms with van der Waals surface area (Å²) >= 11 is 0. The molecule has 2 spiro atoms. The maximum Gasteiger partial charge on any atom is 0.160 e. The van der Waals surface area contributed by atoms with Crippen LogP contribution in [0, 0.1) is 0 Å². The molecule has 15 aromatic carbocycles. The maximum atomic E-state index is 7.32. The van der Waals surface area contributed by atoms with Gasteiger partial charge in [-0.3, -0.25) is 0 Å². The lowest BCUT2D eigenvalue weighted by Crippen LogP contribution is -2.32. The highest BCUT2D eigenvalue weighted by molar-refractivity contribution is 5.92. The number of hydrogen-bond donors (Lipinski definition) is 0. The Kier molecular flexibility index (Phi) is 14.0. The summed E-state index contributed by atoms with van der Waals surface area (Å²) in [7, 11) is 0. The molecule has 0 fully saturated rings. The molecule has 0 unspecified atom stereocenters. The fraction of sp³-hybridized carbons (Fsp3) is 0.0200. The molecule has 2 aliphatic heterocycles. The molecule has 17 aromatic rings. The van der Waals surface area contributed by atoms with Gasteiger partial charge in [0, 0.05) is 55.6 Å². The van der Waals surface area contributed by atoms with Crippen molar-refractivity contribution in [3.63, 3.8) is 0 Å². The van der Waals surface area contributed by atoms with Gasteiger partial charge in [-0.25, -0.2) is 19.9 Å². The predicted molar refractivity (Wildman–Crippen MR) is 427 cm³/mol. The van der Waals surface area contributed by atoms with Crippen LogP contribution in [-0.4, -0.2) is 19.9 Å². The number of aromatic nitrogens is 4. The zero-order chi connectivity index (χ0) is 69.9. The summed E-state index contributed by atoms with van der Waals surface area (Å²) in [6, 6.07) is 134. The summed E-state index contributed by atoms with van der Waals surface area (Å²) in [6.45, 7) is 0. The number of para-hydroxylation sites is 1. The van der Waals surface area contributed by atoms with E-state index >= 15 is 0 Å². The third-order valence-corrected chi connectivity index (χ3v) is 22.1. The Labute approximate surface area is 614 Å². The van der Waals surface area contributed by atoms with Crippen LogP contribution in [0.15, 0.2) is 376 Å². The number of rotatable bonds is 10. The lowest BCUT2D eigenvalue weighted by molar-refractivity contribution is 0.436. The minimum atomic E-state index is -0.646. The smallest absolute Gasteiger partial charge is 0.160 e. The van der Waals surface area contributed by atoms with Gasteiger partial charge in [0.2, 0.25) is 0 Å². The first kappa shape index (κ1) is 60.8. The van der Waals surface area contributed by atoms with E-state index < -0.39 is 10.8 Å². The highest BCUT2D eigenvalue weighted by Crippen LogP contribution is 2.64. The molecular weight excluding hydrogens is 1290 g/mol. The molecule has 2 aliphatic carbocycles. The third kappa shape index (κ3) is 9.65. The lowest BCUT2D eigenvalue weighted by Gasteiger charge is -2.39. The van der Waals surface area contributed by atoms with Crippen LogP contribution in [0.1, 0.15) is 44.5 Å². The second kappa shape index (κ2) is 24.4. The van der Waals surface area contributed by atoms with Crippen LogP contribution in [0.25, 0.3) is 135 Å². The summed E-state index contributed by atoms with van der Waals surface area (Å²) in [4.78, 5) is 21.0. The molecule has 4 heterocycles. The first-order valence-corrected chi connectivity index (χ1v) is 36.1. The van der Waals surface area contributed by atoms with E-state index in [1.807, 2.05) is 18.2 Å². The number of nitrogens with zero attached hydrogens (tertiary/aromatic N) is 4. The Bertz CT molecular complexity index is 6260. The summed E-state index contributed by atoms with van der Waals surface area (Å²) in [5.74, 6) is 4.65. The Hall–Kier alpha value is -13.9. The summed E-state index contributed by atoms with van der Waals surface area (Å²) in [6.07, 6.45) is 0. The van der Waals surface area contributed by atoms with Crippen molar-refractivity contribution in [1.82, 2.24) is 19.9 Å². The van der Waals surface area contributed by atoms with E-state index in [0.717, 1.165) is 140 Å². The molecule has 0 saturated heterocycles. The van der Waals surface area contributed by atoms with Crippen LogP contribution in [0.5, 0.6) is 23.0 Å². The third-order valence-electron chi connectivity index (χ3n) is 22.1. The van der Waals surface area contributed by atoms with Crippen molar-refractivity contribution in [2.24, 2.45) is 0 Å². The average Bonchev–Trinajstić information content (AvgIpc) is 1.49. The maximum absolute atomic E-state index is 7.32. The van der Waals surface area contributed by atoms with Crippen LogP contribution in [0.3, 0.4) is 0 Å². The van der Waals surface area contributed by atoms with E-state index in [4.69, 9.17) is 29.4 Å². The molecule has 2 aromatic heterocycles. The first-order chi connectivity index (χ1) is 52.5. The molecule has 21 rings (SSSR count). The van der Waals surface area contributed by atoms with Gasteiger partial charge < -0.3 is 9.47 Å². The van der Waals surface area contributed by atoms with Crippen LogP contribution >= 0.6 is 0 Å². The summed E-state index contributed by atoms with van der Waals surface area (Å²) < 4.78 is 14.2. The molecule has 0 amide bonds. The molecule has 4 aliphatic rings. The van der Waals surface area contributed by atoms with Crippen molar-refractivity contribution in [3.05, 3.63) is 421 Å². The largest absolute Gasteiger partial charge is 0.457 e. The molecule has 6 nitrogen and oxygen atoms in total. The standard InChI is InChI=1S/C100H62N4O2/c1-4-20-63(21-5-1)64-36-44-70(45-37-64)91-61-89(68-22-6-2-7-23-68)101-97(103-91)73-50-42-67(43-51-73)76-54-57-88-96(60-76)106-95-59-75(53-56-87(95)100(88)83-32-16-12-28-79(83)80-29-13-17-33-84(80)100)65-38-46-71(47-39-65)92-62-90(69-24-8-3-9-25-69)102-98(104-92)72-48-40-66(41-49-72)74-52-55-86-94(58-74)105-93-35-19-18-34-85(93)99(86)81-30-14-10-26-77(81)78-27-11-15-31-82(78)99/h1-62H. The van der Waals surface area contributed by atoms with Crippen LogP contribution < -0.4 is 9.47 Å². The van der Waals surface area contributed by atoms with Crippen molar-refractivity contribution in [2.75, 3.05) is 0 Å². The van der Waals surface area contributed by atoms with Crippen LogP contribution in [0.2, 0.25) is 0 Å². The van der Waals surface area contributed by atoms with Gasteiger partial charge in [-0.2, -0.15) is 0 Å². The highest BCUT2D eigenvalue weighted by atomic mass is 16.5. The van der Waals surface area contributed by atoms with Crippen molar-refractivity contribution in [1.29, 1.82) is 0 Å². The fourth-order valence-corrected chi connectivity index (χ4v) is 17.2. The predicted octanol–water partition coefficient (Wildman–Crippen LogP) is 24.9. The average molecular weight is 1350 g/mol. The Morgan fingerprint density at radius 1 is 0.160 bits per heavy atom. The van der Waals surface area contributed by atoms with E-state index in [-0.39, 0.29) is 0 Å². The second-order valence-corrected chi connectivity index (χ2v) is 27.8. The van der Waals surface area contributed by atoms with Crippen LogP contribution in [-0.2, 0) is 10.8 Å². The molecule has 0 bridgehead atoms. The van der Waals surface area contributed by atoms with Gasteiger partial charge >= 0.3 is 0 Å². The topological polar surface area (TPSA) is 70.0 Å². The van der Waals surface area contributed by atoms with Crippen molar-refractivity contribution in [2.45, 2.75) is 10.8 Å². The number of ether oxygens (including phenoxy) is 2. The molecule has 494 valence electrons. The monoisotopic (exact) mass is 1350 g/mol. The Morgan fingerprint density at radius 2 is 0.387 bits per heavy atom. The highest BCUT2D eigenvalue weighted by Gasteiger charge is 2.53. The van der Waals surface area contributed by atoms with E-state index in [0.29, 0.717) is 11.6 Å². The van der Waals surface area contributed by atoms with Gasteiger partial charge in [0.15, 0.2) is 11.6 Å². The quantitative estimate of drug-likeness (QED) is 0.136. The van der Waals surface area contributed by atoms with Gasteiger partial charge in [0.1, 0.15) is 23.0 Å². The molecule has 0 saturated carbocycles. The summed E-state index contributed by atoms with van der Waals surface area (Å²) in [5.41, 5.74) is 31.3. The minimum Gasteiger partial charge on any atom is -0.457 e. The Morgan fingerprint density at radius 3 is 0.736 bits per heavy atom. The van der Waals surface area contributed by atoms with E-state index in [1.54, 1.807) is 0 Å². The van der Waals surface area contributed by atoms with Gasteiger partial charge in [-0.05, 0) is 125 Å². The van der Waals surface area contributed by atoms with Crippen molar-refractivity contribution >= 4 is 0 Å². The fourth-order valence-electron chi connectivity index (χ4n) is 17.2. The second-order valence-electron chi connectivity index (χ2n) is 27.8. The number of benzene rings is 15. The van der Waals surface area contributed by atoms with Crippen LogP contribution in [0.4, 0.5) is 0 Å². The number of hydrogen-bond acceptors (Lipinski definition) is 6. The molecule has 0 N–H and O–H groups in total. The lowest BCUT2D eigenvalue weighted by atomic mass is 9.65. The van der Waals surface area contributed by atoms with E-state index in [2.05, 4.69) is 358 Å². The molecular formula is C100H62N4O2. The van der Waals surface area contributed by atoms with Gasteiger partial charge in [-0.15, -0.1) is 0 Å². The SMILES string of the molecule is c1ccc(-c2ccc(-c3cc(-c4ccccc4)nc(-c4ccc(-c5ccc6c(c5)Oc5cc(-c7ccc(-c8cc(-c9ccccc9)nc(-c9ccc(-c%10ccc%11c(c%10)Oc%10ccccc%10C%11%10c%11ccccc%11-c%11ccccc%11%10)cc9)n8)cc7)ccc5C65c6ccccc6-c6ccccc65)cc4)n3)cc2)cc1. The Balaban J connectivity index is 0.605. The molecule has 106 heavy (non-hydrogen) atoms. The number of fused-ring (bicyclic) bond motifs is 18. The zero-order valence-electron chi connectivity index (χ0n) is 57.4. The van der Waals surface area contributed by atoms with E-state index in [9.17, 15) is 0 Å². The van der Waals surface area contributed by atoms with Gasteiger partial charge in [0.25, 0.3) is 0 Å². The summed E-state index contributed by atoms with van der Waals surface area (Å²) in [5, 5.41) is 0. The first-order valence-electron chi connectivity index (χ1n) is 36.1. The van der Waals surface area contributed by atoms with Gasteiger partial charge in [-0.1, -0.05) is 340 Å². The van der Waals surface area contributed by atoms with Gasteiger partial charge in [0.05, 0.1) is 33.6 Å².